The standard InChI is InChI=1S/C20H28N4O2/c1-20(2,23-12-8-5-9-13-23)15-21-19(25)18-17(26-3)14-24(22-18)16-10-6-4-7-11-16/h4,6-7,10-11,14H,5,8-9,12-13,15H2,1-3H3,(H,21,25). The quantitative estimate of drug-likeness (QED) is 0.865. The van der Waals surface area contributed by atoms with Gasteiger partial charge >= 0.3 is 0 Å². The van der Waals surface area contributed by atoms with E-state index in [9.17, 15) is 4.79 Å². The molecule has 3 rings (SSSR count). The maximum Gasteiger partial charge on any atom is 0.275 e. The fraction of sp³-hybridized carbons (Fsp3) is 0.500. The lowest BCUT2D eigenvalue weighted by Gasteiger charge is -2.41. The minimum atomic E-state index is -0.207. The van der Waals surface area contributed by atoms with Gasteiger partial charge in [0.15, 0.2) is 11.4 Å². The number of carbonyl (C=O) groups is 1. The number of amides is 1. The molecule has 0 aliphatic carbocycles. The number of hydrogen-bond donors (Lipinski definition) is 1. The Morgan fingerprint density at radius 2 is 1.88 bits per heavy atom. The molecular weight excluding hydrogens is 328 g/mol. The molecule has 0 unspecified atom stereocenters. The van der Waals surface area contributed by atoms with Crippen molar-refractivity contribution in [3.05, 3.63) is 42.2 Å². The van der Waals surface area contributed by atoms with Gasteiger partial charge in [0.1, 0.15) is 0 Å². The van der Waals surface area contributed by atoms with Gasteiger partial charge in [0, 0.05) is 12.1 Å². The Morgan fingerprint density at radius 3 is 2.54 bits per heavy atom. The van der Waals surface area contributed by atoms with Gasteiger partial charge in [0.25, 0.3) is 5.91 Å². The zero-order valence-corrected chi connectivity index (χ0v) is 15.9. The summed E-state index contributed by atoms with van der Waals surface area (Å²) in [6, 6.07) is 9.69. The second-order valence-corrected chi connectivity index (χ2v) is 7.37. The molecule has 1 aromatic heterocycles. The summed E-state index contributed by atoms with van der Waals surface area (Å²) in [7, 11) is 1.56. The molecule has 1 amide bonds. The van der Waals surface area contributed by atoms with E-state index in [1.165, 1.54) is 19.3 Å². The Hall–Kier alpha value is -2.34. The van der Waals surface area contributed by atoms with Crippen molar-refractivity contribution < 1.29 is 9.53 Å². The molecule has 1 aliphatic heterocycles. The average molecular weight is 356 g/mol. The fourth-order valence-electron chi connectivity index (χ4n) is 3.37. The van der Waals surface area contributed by atoms with Crippen LogP contribution in [0, 0.1) is 0 Å². The van der Waals surface area contributed by atoms with Gasteiger partial charge in [-0.1, -0.05) is 24.6 Å². The lowest BCUT2D eigenvalue weighted by atomic mass is 9.98. The molecule has 0 bridgehead atoms. The summed E-state index contributed by atoms with van der Waals surface area (Å²) < 4.78 is 7.03. The van der Waals surface area contributed by atoms with Crippen molar-refractivity contribution in [3.63, 3.8) is 0 Å². The number of carbonyl (C=O) groups excluding carboxylic acids is 1. The molecule has 1 saturated heterocycles. The van der Waals surface area contributed by atoms with E-state index in [4.69, 9.17) is 4.74 Å². The first-order valence-corrected chi connectivity index (χ1v) is 9.23. The van der Waals surface area contributed by atoms with Crippen molar-refractivity contribution in [1.82, 2.24) is 20.0 Å². The first-order chi connectivity index (χ1) is 12.5. The molecule has 6 heteroatoms. The average Bonchev–Trinajstić information content (AvgIpc) is 3.12. The third-order valence-electron chi connectivity index (χ3n) is 5.03. The van der Waals surface area contributed by atoms with Gasteiger partial charge in [-0.2, -0.15) is 5.10 Å². The van der Waals surface area contributed by atoms with E-state index in [0.717, 1.165) is 18.8 Å². The van der Waals surface area contributed by atoms with Gasteiger partial charge in [-0.15, -0.1) is 0 Å². The summed E-state index contributed by atoms with van der Waals surface area (Å²) >= 11 is 0. The number of ether oxygens (including phenoxy) is 1. The lowest BCUT2D eigenvalue weighted by molar-refractivity contribution is 0.0792. The van der Waals surface area contributed by atoms with Crippen LogP contribution in [0.3, 0.4) is 0 Å². The maximum absolute atomic E-state index is 12.7. The highest BCUT2D eigenvalue weighted by atomic mass is 16.5. The molecule has 2 aromatic rings. The maximum atomic E-state index is 12.7. The topological polar surface area (TPSA) is 59.4 Å². The summed E-state index contributed by atoms with van der Waals surface area (Å²) in [5.41, 5.74) is 1.12. The summed E-state index contributed by atoms with van der Waals surface area (Å²) in [6.45, 7) is 7.12. The summed E-state index contributed by atoms with van der Waals surface area (Å²) in [5, 5.41) is 7.47. The monoisotopic (exact) mass is 356 g/mol. The van der Waals surface area contributed by atoms with Crippen LogP contribution in [0.15, 0.2) is 36.5 Å². The van der Waals surface area contributed by atoms with Crippen LogP contribution in [-0.4, -0.2) is 52.9 Å². The SMILES string of the molecule is COc1cn(-c2ccccc2)nc1C(=O)NCC(C)(C)N1CCCCC1. The first-order valence-electron chi connectivity index (χ1n) is 9.23. The molecule has 1 aliphatic rings. The molecule has 1 fully saturated rings. The predicted molar refractivity (Wildman–Crippen MR) is 102 cm³/mol. The Morgan fingerprint density at radius 1 is 1.19 bits per heavy atom. The van der Waals surface area contributed by atoms with Crippen LogP contribution in [0.25, 0.3) is 5.69 Å². The first kappa shape index (κ1) is 18.5. The van der Waals surface area contributed by atoms with E-state index in [0.29, 0.717) is 18.0 Å². The van der Waals surface area contributed by atoms with Gasteiger partial charge in [0.2, 0.25) is 0 Å². The zero-order valence-electron chi connectivity index (χ0n) is 15.9. The van der Waals surface area contributed by atoms with Crippen LogP contribution in [0.4, 0.5) is 0 Å². The van der Waals surface area contributed by atoms with Crippen LogP contribution >= 0.6 is 0 Å². The van der Waals surface area contributed by atoms with Crippen LogP contribution in [0.5, 0.6) is 5.75 Å². The number of hydrogen-bond acceptors (Lipinski definition) is 4. The largest absolute Gasteiger partial charge is 0.493 e. The van der Waals surface area contributed by atoms with Crippen molar-refractivity contribution >= 4 is 5.91 Å². The Bertz CT molecular complexity index is 734. The number of methoxy groups -OCH3 is 1. The van der Waals surface area contributed by atoms with Gasteiger partial charge in [0.05, 0.1) is 19.0 Å². The lowest BCUT2D eigenvalue weighted by Crippen LogP contribution is -2.53. The third kappa shape index (κ3) is 4.07. The molecule has 1 aromatic carbocycles. The van der Waals surface area contributed by atoms with Crippen LogP contribution in [-0.2, 0) is 0 Å². The zero-order chi connectivity index (χ0) is 18.6. The normalized spacial score (nSPS) is 15.7. The number of nitrogens with one attached hydrogen (secondary N) is 1. The number of para-hydroxylation sites is 1. The number of piperidine rings is 1. The number of likely N-dealkylation sites (tertiary alicyclic amines) is 1. The molecule has 0 atom stereocenters. The van der Waals surface area contributed by atoms with E-state index in [1.54, 1.807) is 18.0 Å². The molecule has 0 saturated carbocycles. The summed E-state index contributed by atoms with van der Waals surface area (Å²) in [4.78, 5) is 15.2. The minimum absolute atomic E-state index is 0.0781. The molecule has 2 heterocycles. The molecule has 26 heavy (non-hydrogen) atoms. The number of aromatic nitrogens is 2. The molecular formula is C20H28N4O2. The summed E-state index contributed by atoms with van der Waals surface area (Å²) in [6.07, 6.45) is 5.49. The van der Waals surface area contributed by atoms with E-state index in [2.05, 4.69) is 29.2 Å². The number of rotatable bonds is 6. The van der Waals surface area contributed by atoms with Gasteiger partial charge < -0.3 is 10.1 Å². The van der Waals surface area contributed by atoms with Crippen LogP contribution in [0.1, 0.15) is 43.6 Å². The fourth-order valence-corrected chi connectivity index (χ4v) is 3.37. The highest BCUT2D eigenvalue weighted by Gasteiger charge is 2.29. The molecule has 0 radical (unpaired) electrons. The second-order valence-electron chi connectivity index (χ2n) is 7.37. The van der Waals surface area contributed by atoms with E-state index >= 15 is 0 Å². The van der Waals surface area contributed by atoms with Gasteiger partial charge in [-0.25, -0.2) is 4.68 Å². The highest BCUT2D eigenvalue weighted by molar-refractivity contribution is 5.95. The second kappa shape index (κ2) is 7.91. The van der Waals surface area contributed by atoms with Crippen molar-refractivity contribution in [2.45, 2.75) is 38.6 Å². The molecule has 140 valence electrons. The van der Waals surface area contributed by atoms with Crippen molar-refractivity contribution in [2.24, 2.45) is 0 Å². The van der Waals surface area contributed by atoms with E-state index in [-0.39, 0.29) is 11.4 Å². The Kier molecular flexibility index (Phi) is 5.61. The summed E-state index contributed by atoms with van der Waals surface area (Å²) in [5.74, 6) is 0.267. The highest BCUT2D eigenvalue weighted by Crippen LogP contribution is 2.22. The molecule has 6 nitrogen and oxygen atoms in total. The third-order valence-corrected chi connectivity index (χ3v) is 5.03. The van der Waals surface area contributed by atoms with Gasteiger partial charge in [-0.3, -0.25) is 9.69 Å². The van der Waals surface area contributed by atoms with Crippen molar-refractivity contribution in [2.75, 3.05) is 26.7 Å². The van der Waals surface area contributed by atoms with Crippen molar-refractivity contribution in [3.8, 4) is 11.4 Å². The molecule has 0 spiro atoms. The Labute approximate surface area is 155 Å². The van der Waals surface area contributed by atoms with E-state index in [1.807, 2.05) is 30.3 Å². The Balaban J connectivity index is 1.70. The van der Waals surface area contributed by atoms with Crippen molar-refractivity contribution in [1.29, 1.82) is 0 Å². The molecule has 1 N–H and O–H groups in total. The predicted octanol–water partition coefficient (Wildman–Crippen LogP) is 2.88. The number of benzene rings is 1. The minimum Gasteiger partial charge on any atom is -0.493 e. The van der Waals surface area contributed by atoms with Crippen LogP contribution in [0.2, 0.25) is 0 Å². The van der Waals surface area contributed by atoms with E-state index < -0.39 is 0 Å². The van der Waals surface area contributed by atoms with Gasteiger partial charge in [-0.05, 0) is 51.9 Å². The number of nitrogens with zero attached hydrogens (tertiary/aromatic N) is 3. The van der Waals surface area contributed by atoms with Crippen LogP contribution < -0.4 is 10.1 Å². The smallest absolute Gasteiger partial charge is 0.275 e.